The van der Waals surface area contributed by atoms with E-state index in [4.69, 9.17) is 9.47 Å². The molecule has 1 aliphatic rings. The van der Waals surface area contributed by atoms with Gasteiger partial charge >= 0.3 is 0 Å². The molecule has 2 aromatic carbocycles. The number of nitrogens with one attached hydrogen (secondary N) is 1. The maximum Gasteiger partial charge on any atom is 0.194 e. The standard InChI is InChI=1S/C22H24N2O3/c1-16-20(14-24-9-11-26-12-10-24)22(25)19-13-18(7-8-21(19)23-16)27-15-17-5-3-2-4-6-17/h2-8,13H,9-12,14-15H2,1H3,(H,23,25). The highest BCUT2D eigenvalue weighted by atomic mass is 16.5. The van der Waals surface area contributed by atoms with Crippen molar-refractivity contribution in [3.8, 4) is 5.75 Å². The number of H-pyrrole nitrogens is 1. The normalized spacial score (nSPS) is 15.1. The Morgan fingerprint density at radius 2 is 1.89 bits per heavy atom. The number of aryl methyl sites for hydroxylation is 1. The van der Waals surface area contributed by atoms with E-state index < -0.39 is 0 Å². The summed E-state index contributed by atoms with van der Waals surface area (Å²) in [6.45, 7) is 6.26. The largest absolute Gasteiger partial charge is 0.489 e. The second-order valence-corrected chi connectivity index (χ2v) is 6.93. The fourth-order valence-electron chi connectivity index (χ4n) is 3.43. The first-order chi connectivity index (χ1) is 13.2. The molecule has 1 aromatic heterocycles. The molecule has 1 fully saturated rings. The van der Waals surface area contributed by atoms with Crippen LogP contribution in [0.1, 0.15) is 16.8 Å². The van der Waals surface area contributed by atoms with Crippen LogP contribution in [0, 0.1) is 6.92 Å². The lowest BCUT2D eigenvalue weighted by Gasteiger charge is -2.26. The maximum absolute atomic E-state index is 13.1. The van der Waals surface area contributed by atoms with Gasteiger partial charge in [-0.3, -0.25) is 9.69 Å². The molecule has 0 bridgehead atoms. The topological polar surface area (TPSA) is 54.6 Å². The van der Waals surface area contributed by atoms with Crippen molar-refractivity contribution < 1.29 is 9.47 Å². The van der Waals surface area contributed by atoms with E-state index in [1.807, 2.05) is 55.5 Å². The fraction of sp³-hybridized carbons (Fsp3) is 0.318. The van der Waals surface area contributed by atoms with Gasteiger partial charge in [-0.05, 0) is 30.7 Å². The number of aromatic nitrogens is 1. The monoisotopic (exact) mass is 364 g/mol. The molecule has 0 radical (unpaired) electrons. The zero-order valence-corrected chi connectivity index (χ0v) is 15.5. The average Bonchev–Trinajstić information content (AvgIpc) is 2.71. The maximum atomic E-state index is 13.1. The summed E-state index contributed by atoms with van der Waals surface area (Å²) in [5, 5.41) is 0.675. The number of rotatable bonds is 5. The van der Waals surface area contributed by atoms with Gasteiger partial charge in [0.05, 0.1) is 13.2 Å². The molecule has 27 heavy (non-hydrogen) atoms. The van der Waals surface area contributed by atoms with Crippen LogP contribution < -0.4 is 10.2 Å². The molecule has 4 rings (SSSR count). The van der Waals surface area contributed by atoms with Crippen molar-refractivity contribution in [3.05, 3.63) is 75.6 Å². The van der Waals surface area contributed by atoms with Gasteiger partial charge < -0.3 is 14.5 Å². The molecule has 0 saturated carbocycles. The Morgan fingerprint density at radius 1 is 1.11 bits per heavy atom. The molecular formula is C22H24N2O3. The molecule has 5 nitrogen and oxygen atoms in total. The SMILES string of the molecule is Cc1[nH]c2ccc(OCc3ccccc3)cc2c(=O)c1CN1CCOCC1. The number of hydrogen-bond donors (Lipinski definition) is 1. The van der Waals surface area contributed by atoms with Crippen LogP contribution in [0.15, 0.2) is 53.3 Å². The van der Waals surface area contributed by atoms with Crippen LogP contribution in [0.25, 0.3) is 10.9 Å². The fourth-order valence-corrected chi connectivity index (χ4v) is 3.43. The van der Waals surface area contributed by atoms with Crippen molar-refractivity contribution in [3.63, 3.8) is 0 Å². The van der Waals surface area contributed by atoms with Crippen molar-refractivity contribution in [2.24, 2.45) is 0 Å². The van der Waals surface area contributed by atoms with Crippen LogP contribution in [0.5, 0.6) is 5.75 Å². The number of ether oxygens (including phenoxy) is 2. The number of aromatic amines is 1. The minimum absolute atomic E-state index is 0.0814. The number of fused-ring (bicyclic) bond motifs is 1. The molecule has 1 N–H and O–H groups in total. The van der Waals surface area contributed by atoms with E-state index in [0.29, 0.717) is 24.3 Å². The summed E-state index contributed by atoms with van der Waals surface area (Å²) in [4.78, 5) is 18.8. The minimum atomic E-state index is 0.0814. The van der Waals surface area contributed by atoms with E-state index in [-0.39, 0.29) is 5.43 Å². The second kappa shape index (κ2) is 7.94. The lowest BCUT2D eigenvalue weighted by Crippen LogP contribution is -2.37. The third kappa shape index (κ3) is 4.04. The first kappa shape index (κ1) is 17.8. The zero-order chi connectivity index (χ0) is 18.6. The van der Waals surface area contributed by atoms with Crippen LogP contribution in [0.3, 0.4) is 0 Å². The molecule has 2 heterocycles. The smallest absolute Gasteiger partial charge is 0.194 e. The number of nitrogens with zero attached hydrogens (tertiary/aromatic N) is 1. The Hall–Kier alpha value is -2.63. The third-order valence-electron chi connectivity index (χ3n) is 5.02. The number of hydrogen-bond acceptors (Lipinski definition) is 4. The Kier molecular flexibility index (Phi) is 5.23. The van der Waals surface area contributed by atoms with Gasteiger partial charge in [0.2, 0.25) is 0 Å². The molecule has 0 amide bonds. The molecule has 3 aromatic rings. The molecule has 5 heteroatoms. The summed E-state index contributed by atoms with van der Waals surface area (Å²) in [6.07, 6.45) is 0. The summed E-state index contributed by atoms with van der Waals surface area (Å²) in [5.74, 6) is 0.707. The van der Waals surface area contributed by atoms with Crippen LogP contribution in [-0.2, 0) is 17.9 Å². The van der Waals surface area contributed by atoms with Crippen molar-refractivity contribution in [1.82, 2.24) is 9.88 Å². The van der Waals surface area contributed by atoms with Crippen LogP contribution in [0.4, 0.5) is 0 Å². The second-order valence-electron chi connectivity index (χ2n) is 6.93. The predicted octanol–water partition coefficient (Wildman–Crippen LogP) is 3.25. The number of pyridine rings is 1. The minimum Gasteiger partial charge on any atom is -0.489 e. The van der Waals surface area contributed by atoms with E-state index in [0.717, 1.165) is 48.6 Å². The molecule has 0 spiro atoms. The van der Waals surface area contributed by atoms with Crippen molar-refractivity contribution in [2.75, 3.05) is 26.3 Å². The molecule has 0 unspecified atom stereocenters. The highest BCUT2D eigenvalue weighted by Gasteiger charge is 2.16. The molecule has 0 aliphatic carbocycles. The molecule has 1 aliphatic heterocycles. The summed E-state index contributed by atoms with van der Waals surface area (Å²) < 4.78 is 11.3. The first-order valence-corrected chi connectivity index (χ1v) is 9.33. The van der Waals surface area contributed by atoms with Gasteiger partial charge in [-0.25, -0.2) is 0 Å². The quantitative estimate of drug-likeness (QED) is 0.755. The van der Waals surface area contributed by atoms with Crippen LogP contribution in [0.2, 0.25) is 0 Å². The Labute approximate surface area is 158 Å². The van der Waals surface area contributed by atoms with Gasteiger partial charge in [0.15, 0.2) is 5.43 Å². The van der Waals surface area contributed by atoms with Crippen molar-refractivity contribution in [2.45, 2.75) is 20.1 Å². The van der Waals surface area contributed by atoms with Crippen molar-refractivity contribution >= 4 is 10.9 Å². The van der Waals surface area contributed by atoms with Gasteiger partial charge in [0.1, 0.15) is 12.4 Å². The molecule has 1 saturated heterocycles. The Bertz CT molecular complexity index is 976. The number of morpholine rings is 1. The van der Waals surface area contributed by atoms with Crippen LogP contribution >= 0.6 is 0 Å². The van der Waals surface area contributed by atoms with Gasteiger partial charge in [0.25, 0.3) is 0 Å². The lowest BCUT2D eigenvalue weighted by molar-refractivity contribution is 0.0339. The van der Waals surface area contributed by atoms with Gasteiger partial charge in [0, 0.05) is 41.8 Å². The van der Waals surface area contributed by atoms with E-state index in [1.165, 1.54) is 0 Å². The summed E-state index contributed by atoms with van der Waals surface area (Å²) in [6, 6.07) is 15.7. The van der Waals surface area contributed by atoms with E-state index >= 15 is 0 Å². The predicted molar refractivity (Wildman–Crippen MR) is 106 cm³/mol. The highest BCUT2D eigenvalue weighted by Crippen LogP contribution is 2.20. The number of benzene rings is 2. The molecule has 140 valence electrons. The lowest BCUT2D eigenvalue weighted by atomic mass is 10.1. The average molecular weight is 364 g/mol. The summed E-state index contributed by atoms with van der Waals surface area (Å²) in [7, 11) is 0. The third-order valence-corrected chi connectivity index (χ3v) is 5.02. The van der Waals surface area contributed by atoms with Gasteiger partial charge in [-0.1, -0.05) is 30.3 Å². The van der Waals surface area contributed by atoms with Crippen LogP contribution in [-0.4, -0.2) is 36.2 Å². The summed E-state index contributed by atoms with van der Waals surface area (Å²) >= 11 is 0. The highest BCUT2D eigenvalue weighted by molar-refractivity contribution is 5.81. The molecule has 0 atom stereocenters. The van der Waals surface area contributed by atoms with E-state index in [2.05, 4.69) is 9.88 Å². The summed E-state index contributed by atoms with van der Waals surface area (Å²) in [5.41, 5.74) is 3.78. The van der Waals surface area contributed by atoms with Crippen molar-refractivity contribution in [1.29, 1.82) is 0 Å². The first-order valence-electron chi connectivity index (χ1n) is 9.33. The molecular weight excluding hydrogens is 340 g/mol. The van der Waals surface area contributed by atoms with Gasteiger partial charge in [-0.2, -0.15) is 0 Å². The van der Waals surface area contributed by atoms with E-state index in [9.17, 15) is 4.79 Å². The Morgan fingerprint density at radius 3 is 2.67 bits per heavy atom. The van der Waals surface area contributed by atoms with Gasteiger partial charge in [-0.15, -0.1) is 0 Å². The Balaban J connectivity index is 1.60. The zero-order valence-electron chi connectivity index (χ0n) is 15.5. The van der Waals surface area contributed by atoms with E-state index in [1.54, 1.807) is 0 Å².